The number of hydrogen-bond donors (Lipinski definition) is 3. The molecule has 0 spiro atoms. The molecule has 0 saturated heterocycles. The molecule has 88 valence electrons. The topological polar surface area (TPSA) is 75.4 Å². The fourth-order valence-electron chi connectivity index (χ4n) is 1.36. The van der Waals surface area contributed by atoms with Crippen LogP contribution in [0.1, 0.15) is 26.2 Å². The van der Waals surface area contributed by atoms with Gasteiger partial charge in [-0.3, -0.25) is 4.79 Å². The number of nitrogens with one attached hydrogen (secondary N) is 1. The van der Waals surface area contributed by atoms with Crippen LogP contribution >= 0.6 is 0 Å². The maximum absolute atomic E-state index is 11.6. The lowest BCUT2D eigenvalue weighted by Crippen LogP contribution is -2.35. The van der Waals surface area contributed by atoms with Crippen molar-refractivity contribution >= 4 is 11.6 Å². The molecule has 0 bridgehead atoms. The molecule has 1 rings (SSSR count). The smallest absolute Gasteiger partial charge is 0.241 e. The second-order valence-corrected chi connectivity index (χ2v) is 3.76. The molecule has 1 aromatic rings. The first-order valence-electron chi connectivity index (χ1n) is 5.49. The second-order valence-electron chi connectivity index (χ2n) is 3.76. The second kappa shape index (κ2) is 6.12. The Hall–Kier alpha value is -1.55. The highest BCUT2D eigenvalue weighted by atomic mass is 16.3. The van der Waals surface area contributed by atoms with Crippen LogP contribution in [0.3, 0.4) is 0 Å². The van der Waals surface area contributed by atoms with E-state index in [0.29, 0.717) is 12.1 Å². The van der Waals surface area contributed by atoms with E-state index in [4.69, 9.17) is 5.73 Å². The van der Waals surface area contributed by atoms with Gasteiger partial charge in [-0.05, 0) is 18.6 Å². The van der Waals surface area contributed by atoms with E-state index in [1.165, 1.54) is 6.07 Å². The van der Waals surface area contributed by atoms with Crippen LogP contribution in [-0.4, -0.2) is 17.1 Å². The average Bonchev–Trinajstić information content (AvgIpc) is 2.28. The Balaban J connectivity index is 2.54. The maximum Gasteiger partial charge on any atom is 0.241 e. The molecule has 1 atom stereocenters. The van der Waals surface area contributed by atoms with Crippen LogP contribution < -0.4 is 11.1 Å². The molecule has 0 aliphatic carbocycles. The van der Waals surface area contributed by atoms with Crippen LogP contribution in [-0.2, 0) is 4.79 Å². The van der Waals surface area contributed by atoms with E-state index in [2.05, 4.69) is 5.32 Å². The number of amides is 1. The molecule has 4 nitrogen and oxygen atoms in total. The number of anilines is 1. The number of nitrogens with two attached hydrogens (primary N) is 1. The Morgan fingerprint density at radius 3 is 2.81 bits per heavy atom. The molecule has 0 saturated carbocycles. The lowest BCUT2D eigenvalue weighted by Gasteiger charge is -2.12. The Kier molecular flexibility index (Phi) is 4.79. The van der Waals surface area contributed by atoms with Gasteiger partial charge in [-0.15, -0.1) is 0 Å². The third-order valence-corrected chi connectivity index (χ3v) is 2.37. The summed E-state index contributed by atoms with van der Waals surface area (Å²) in [5.74, 6) is -0.200. The molecule has 0 fully saturated rings. The van der Waals surface area contributed by atoms with E-state index < -0.39 is 6.04 Å². The molecule has 0 unspecified atom stereocenters. The minimum Gasteiger partial charge on any atom is -0.506 e. The van der Waals surface area contributed by atoms with Gasteiger partial charge in [0.25, 0.3) is 0 Å². The molecule has 0 aliphatic rings. The van der Waals surface area contributed by atoms with Crippen molar-refractivity contribution in [3.63, 3.8) is 0 Å². The van der Waals surface area contributed by atoms with Gasteiger partial charge in [0.2, 0.25) is 5.91 Å². The standard InChI is InChI=1S/C12H18N2O2/c1-2-3-6-9(13)12(16)14-10-7-4-5-8-11(10)15/h4-5,7-9,15H,2-3,6,13H2,1H3,(H,14,16)/t9-/m0/s1. The van der Waals surface area contributed by atoms with Crippen LogP contribution in [0.15, 0.2) is 24.3 Å². The van der Waals surface area contributed by atoms with Crippen LogP contribution in [0.2, 0.25) is 0 Å². The number of carbonyl (C=O) groups excluding carboxylic acids is 1. The Morgan fingerprint density at radius 2 is 2.19 bits per heavy atom. The van der Waals surface area contributed by atoms with Gasteiger partial charge in [-0.25, -0.2) is 0 Å². The highest BCUT2D eigenvalue weighted by Gasteiger charge is 2.13. The van der Waals surface area contributed by atoms with Crippen molar-refractivity contribution in [3.05, 3.63) is 24.3 Å². The summed E-state index contributed by atoms with van der Waals surface area (Å²) < 4.78 is 0. The molecular weight excluding hydrogens is 204 g/mol. The monoisotopic (exact) mass is 222 g/mol. The average molecular weight is 222 g/mol. The van der Waals surface area contributed by atoms with Crippen molar-refractivity contribution in [1.29, 1.82) is 0 Å². The van der Waals surface area contributed by atoms with Crippen LogP contribution in [0.4, 0.5) is 5.69 Å². The fourth-order valence-corrected chi connectivity index (χ4v) is 1.36. The largest absolute Gasteiger partial charge is 0.506 e. The van der Waals surface area contributed by atoms with Gasteiger partial charge in [0.15, 0.2) is 0 Å². The summed E-state index contributed by atoms with van der Waals surface area (Å²) in [6.07, 6.45) is 2.60. The minimum absolute atomic E-state index is 0.0542. The van der Waals surface area contributed by atoms with E-state index >= 15 is 0 Å². The van der Waals surface area contributed by atoms with Gasteiger partial charge in [0.1, 0.15) is 5.75 Å². The van der Waals surface area contributed by atoms with E-state index in [-0.39, 0.29) is 11.7 Å². The van der Waals surface area contributed by atoms with Crippen molar-refractivity contribution < 1.29 is 9.90 Å². The van der Waals surface area contributed by atoms with Crippen LogP contribution in [0.5, 0.6) is 5.75 Å². The van der Waals surface area contributed by atoms with Crippen molar-refractivity contribution in [2.24, 2.45) is 5.73 Å². The summed E-state index contributed by atoms with van der Waals surface area (Å²) in [5.41, 5.74) is 6.11. The lowest BCUT2D eigenvalue weighted by atomic mass is 10.1. The predicted octanol–water partition coefficient (Wildman–Crippen LogP) is 1.85. The van der Waals surface area contributed by atoms with Gasteiger partial charge >= 0.3 is 0 Å². The van der Waals surface area contributed by atoms with Crippen LogP contribution in [0.25, 0.3) is 0 Å². The molecule has 0 radical (unpaired) electrons. The summed E-state index contributed by atoms with van der Waals surface area (Å²) >= 11 is 0. The number of benzene rings is 1. The summed E-state index contributed by atoms with van der Waals surface area (Å²) in [4.78, 5) is 11.6. The van der Waals surface area contributed by atoms with Crippen molar-refractivity contribution in [2.45, 2.75) is 32.2 Å². The van der Waals surface area contributed by atoms with Gasteiger partial charge in [-0.2, -0.15) is 0 Å². The summed E-state index contributed by atoms with van der Waals surface area (Å²) in [7, 11) is 0. The third kappa shape index (κ3) is 3.55. The van der Waals surface area contributed by atoms with E-state index in [0.717, 1.165) is 12.8 Å². The number of hydrogen-bond acceptors (Lipinski definition) is 3. The molecule has 0 aliphatic heterocycles. The van der Waals surface area contributed by atoms with Gasteiger partial charge in [-0.1, -0.05) is 31.9 Å². The summed E-state index contributed by atoms with van der Waals surface area (Å²) in [6.45, 7) is 2.05. The molecule has 1 aromatic carbocycles. The van der Waals surface area contributed by atoms with Crippen molar-refractivity contribution in [3.8, 4) is 5.75 Å². The first-order chi connectivity index (χ1) is 7.65. The molecule has 0 aromatic heterocycles. The van der Waals surface area contributed by atoms with Gasteiger partial charge in [0, 0.05) is 0 Å². The number of rotatable bonds is 5. The number of phenolic OH excluding ortho intramolecular Hbond substituents is 1. The van der Waals surface area contributed by atoms with Gasteiger partial charge < -0.3 is 16.2 Å². The maximum atomic E-state index is 11.6. The first-order valence-corrected chi connectivity index (χ1v) is 5.49. The fraction of sp³-hybridized carbons (Fsp3) is 0.417. The third-order valence-electron chi connectivity index (χ3n) is 2.37. The minimum atomic E-state index is -0.514. The Labute approximate surface area is 95.5 Å². The quantitative estimate of drug-likeness (QED) is 0.665. The number of carbonyl (C=O) groups is 1. The van der Waals surface area contributed by atoms with E-state index in [1.54, 1.807) is 18.2 Å². The number of aromatic hydroxyl groups is 1. The lowest BCUT2D eigenvalue weighted by molar-refractivity contribution is -0.117. The van der Waals surface area contributed by atoms with Crippen molar-refractivity contribution in [1.82, 2.24) is 0 Å². The molecule has 0 heterocycles. The molecular formula is C12H18N2O2. The molecule has 1 amide bonds. The number of unbranched alkanes of at least 4 members (excludes halogenated alkanes) is 1. The highest BCUT2D eigenvalue weighted by molar-refractivity contribution is 5.95. The molecule has 4 N–H and O–H groups in total. The number of para-hydroxylation sites is 2. The predicted molar refractivity (Wildman–Crippen MR) is 64.2 cm³/mol. The van der Waals surface area contributed by atoms with E-state index in [9.17, 15) is 9.90 Å². The zero-order valence-corrected chi connectivity index (χ0v) is 9.44. The first kappa shape index (κ1) is 12.5. The van der Waals surface area contributed by atoms with E-state index in [1.807, 2.05) is 6.92 Å². The highest BCUT2D eigenvalue weighted by Crippen LogP contribution is 2.21. The van der Waals surface area contributed by atoms with Crippen LogP contribution in [0, 0.1) is 0 Å². The molecule has 16 heavy (non-hydrogen) atoms. The van der Waals surface area contributed by atoms with Crippen molar-refractivity contribution in [2.75, 3.05) is 5.32 Å². The van der Waals surface area contributed by atoms with Gasteiger partial charge in [0.05, 0.1) is 11.7 Å². The Bertz CT molecular complexity index is 353. The molecule has 4 heteroatoms. The summed E-state index contributed by atoms with van der Waals surface area (Å²) in [6, 6.07) is 6.08. The summed E-state index contributed by atoms with van der Waals surface area (Å²) in [5, 5.41) is 12.1. The zero-order valence-electron chi connectivity index (χ0n) is 9.44. The zero-order chi connectivity index (χ0) is 12.0. The number of phenols is 1. The Morgan fingerprint density at radius 1 is 1.50 bits per heavy atom. The SMILES string of the molecule is CCCC[C@H](N)C(=O)Nc1ccccc1O. The normalized spacial score (nSPS) is 12.1.